The highest BCUT2D eigenvalue weighted by atomic mass is 35.5. The zero-order valence-electron chi connectivity index (χ0n) is 23.0. The number of aromatic nitrogens is 1. The summed E-state index contributed by atoms with van der Waals surface area (Å²) in [5, 5.41) is 1.16. The van der Waals surface area contributed by atoms with E-state index in [1.54, 1.807) is 12.1 Å². The number of para-hydroxylation sites is 1. The lowest BCUT2D eigenvalue weighted by Gasteiger charge is -2.57. The molecule has 8 rings (SSSR count). The molecule has 0 saturated heterocycles. The largest absolute Gasteiger partial charge is 0.356 e. The predicted octanol–water partition coefficient (Wildman–Crippen LogP) is 5.91. The van der Waals surface area contributed by atoms with Crippen molar-refractivity contribution in [3.05, 3.63) is 65.4 Å². The fraction of sp³-hybridized carbons (Fsp3) is 0.531. The normalized spacial score (nSPS) is 37.4. The number of hydrogen-bond acceptors (Lipinski definition) is 3. The van der Waals surface area contributed by atoms with Crippen LogP contribution in [-0.2, 0) is 21.2 Å². The number of nitrogens with one attached hydrogen (secondary N) is 2. The van der Waals surface area contributed by atoms with Crippen LogP contribution >= 0.6 is 11.6 Å². The SMILES string of the molecule is C[C@H]1Cc2c([nH]c3ccccc23)[C@H](c2ccc(S(=O)(=O)N[C@@]34CC5CC6(C3)[C@H](C4)C[C@@]6(C)C5)cc2)N1C(=O)CCl. The van der Waals surface area contributed by atoms with Crippen molar-refractivity contribution in [1.82, 2.24) is 14.6 Å². The molecule has 1 aromatic heterocycles. The van der Waals surface area contributed by atoms with E-state index >= 15 is 0 Å². The van der Waals surface area contributed by atoms with Gasteiger partial charge in [-0.25, -0.2) is 13.1 Å². The first-order valence-corrected chi connectivity index (χ1v) is 16.7. The highest BCUT2D eigenvalue weighted by Gasteiger charge is 2.76. The Balaban J connectivity index is 1.13. The highest BCUT2D eigenvalue weighted by molar-refractivity contribution is 7.89. The van der Waals surface area contributed by atoms with Crippen LogP contribution in [0, 0.1) is 22.7 Å². The number of sulfonamides is 1. The third-order valence-electron chi connectivity index (χ3n) is 11.7. The molecule has 0 radical (unpaired) electrons. The number of fused-ring (bicyclic) bond motifs is 5. The quantitative estimate of drug-likeness (QED) is 0.370. The second-order valence-corrected chi connectivity index (χ2v) is 15.8. The van der Waals surface area contributed by atoms with Crippen molar-refractivity contribution in [2.45, 2.75) is 81.3 Å². The summed E-state index contributed by atoms with van der Waals surface area (Å²) < 4.78 is 30.8. The first-order chi connectivity index (χ1) is 19.1. The van der Waals surface area contributed by atoms with E-state index in [1.165, 1.54) is 24.8 Å². The van der Waals surface area contributed by atoms with Crippen molar-refractivity contribution in [1.29, 1.82) is 0 Å². The first kappa shape index (κ1) is 25.4. The standard InChI is InChI=1S/C32H36ClN3O3S/c1-19-11-25-24-5-3-4-6-26(24)34-28(25)29(36(19)27(37)17-33)21-7-9-23(10-8-21)40(38,39)35-31-13-20-12-30(2)15-22(16-31)32(30,14-20)18-31/h3-10,19-20,22,29,34-35H,11-18H2,1-2H3/t19-,20?,22-,29-,30+,31+,32?/m0/s1. The maximum absolute atomic E-state index is 13.8. The van der Waals surface area contributed by atoms with Crippen LogP contribution in [0.5, 0.6) is 0 Å². The Labute approximate surface area is 240 Å². The van der Waals surface area contributed by atoms with Crippen LogP contribution in [-0.4, -0.2) is 41.7 Å². The van der Waals surface area contributed by atoms with Gasteiger partial charge in [-0.05, 0) is 104 Å². The third-order valence-corrected chi connectivity index (χ3v) is 13.5. The molecular formula is C32H36ClN3O3S. The molecule has 1 aliphatic heterocycles. The van der Waals surface area contributed by atoms with E-state index in [0.717, 1.165) is 47.8 Å². The van der Waals surface area contributed by atoms with Crippen LogP contribution in [0.1, 0.15) is 75.2 Å². The van der Waals surface area contributed by atoms with Crippen molar-refractivity contribution in [2.75, 3.05) is 5.88 Å². The van der Waals surface area contributed by atoms with Crippen LogP contribution in [0.25, 0.3) is 10.9 Å². The highest BCUT2D eigenvalue weighted by Crippen LogP contribution is 2.81. The zero-order valence-corrected chi connectivity index (χ0v) is 24.6. The number of aromatic amines is 1. The minimum Gasteiger partial charge on any atom is -0.356 e. The Bertz CT molecular complexity index is 1660. The van der Waals surface area contributed by atoms with Gasteiger partial charge in [0.2, 0.25) is 15.9 Å². The smallest absolute Gasteiger partial charge is 0.241 e. The molecule has 6 nitrogen and oxygen atoms in total. The first-order valence-electron chi connectivity index (χ1n) is 14.7. The fourth-order valence-corrected chi connectivity index (χ4v) is 12.0. The van der Waals surface area contributed by atoms with Crippen LogP contribution in [0.15, 0.2) is 53.4 Å². The molecule has 210 valence electrons. The van der Waals surface area contributed by atoms with Gasteiger partial charge in [0.15, 0.2) is 0 Å². The molecule has 2 heterocycles. The average Bonchev–Trinajstić information content (AvgIpc) is 3.43. The van der Waals surface area contributed by atoms with Gasteiger partial charge in [-0.2, -0.15) is 0 Å². The maximum Gasteiger partial charge on any atom is 0.241 e. The third kappa shape index (κ3) is 3.26. The van der Waals surface area contributed by atoms with Gasteiger partial charge in [0, 0.05) is 28.2 Å². The van der Waals surface area contributed by atoms with Crippen molar-refractivity contribution >= 4 is 38.4 Å². The van der Waals surface area contributed by atoms with Crippen LogP contribution in [0.2, 0.25) is 0 Å². The van der Waals surface area contributed by atoms with E-state index in [2.05, 4.69) is 35.7 Å². The Morgan fingerprint density at radius 3 is 2.62 bits per heavy atom. The summed E-state index contributed by atoms with van der Waals surface area (Å²) in [6.45, 7) is 4.50. The summed E-state index contributed by atoms with van der Waals surface area (Å²) in [5.41, 5.74) is 4.56. The molecular weight excluding hydrogens is 542 g/mol. The number of nitrogens with zero attached hydrogens (tertiary/aromatic N) is 1. The summed E-state index contributed by atoms with van der Waals surface area (Å²) in [6, 6.07) is 15.0. The molecule has 40 heavy (non-hydrogen) atoms. The Hall–Kier alpha value is -2.35. The van der Waals surface area contributed by atoms with Gasteiger partial charge in [-0.15, -0.1) is 11.6 Å². The Kier molecular flexibility index (Phi) is 5.16. The Morgan fingerprint density at radius 2 is 1.85 bits per heavy atom. The molecule has 1 spiro atoms. The molecule has 1 amide bonds. The van der Waals surface area contributed by atoms with Gasteiger partial charge >= 0.3 is 0 Å². The second-order valence-electron chi connectivity index (χ2n) is 13.9. The molecule has 2 aromatic carbocycles. The lowest BCUT2D eigenvalue weighted by molar-refractivity contribution is -0.133. The molecule has 4 fully saturated rings. The molecule has 2 N–H and O–H groups in total. The minimum atomic E-state index is -3.68. The monoisotopic (exact) mass is 577 g/mol. The van der Waals surface area contributed by atoms with E-state index in [1.807, 2.05) is 29.2 Å². The van der Waals surface area contributed by atoms with Gasteiger partial charge < -0.3 is 9.88 Å². The lowest BCUT2D eigenvalue weighted by Crippen LogP contribution is -2.52. The van der Waals surface area contributed by atoms with Gasteiger partial charge in [-0.3, -0.25) is 4.79 Å². The van der Waals surface area contributed by atoms with Gasteiger partial charge in [0.05, 0.1) is 10.9 Å². The summed E-state index contributed by atoms with van der Waals surface area (Å²) in [6.07, 6.45) is 7.49. The number of benzene rings is 2. The number of halogens is 1. The summed E-state index contributed by atoms with van der Waals surface area (Å²) in [4.78, 5) is 18.8. The molecule has 4 saturated carbocycles. The van der Waals surface area contributed by atoms with Crippen molar-refractivity contribution in [2.24, 2.45) is 22.7 Å². The molecule has 7 atom stereocenters. The van der Waals surface area contributed by atoms with E-state index in [-0.39, 0.29) is 29.4 Å². The molecule has 5 aliphatic rings. The predicted molar refractivity (Wildman–Crippen MR) is 156 cm³/mol. The van der Waals surface area contributed by atoms with E-state index in [9.17, 15) is 13.2 Å². The van der Waals surface area contributed by atoms with E-state index < -0.39 is 10.0 Å². The Morgan fingerprint density at radius 1 is 1.07 bits per heavy atom. The lowest BCUT2D eigenvalue weighted by atomic mass is 9.47. The molecule has 2 unspecified atom stereocenters. The van der Waals surface area contributed by atoms with Crippen LogP contribution in [0.4, 0.5) is 0 Å². The number of alkyl halides is 1. The van der Waals surface area contributed by atoms with E-state index in [0.29, 0.717) is 27.6 Å². The summed E-state index contributed by atoms with van der Waals surface area (Å²) >= 11 is 6.07. The topological polar surface area (TPSA) is 82.3 Å². The number of rotatable bonds is 5. The van der Waals surface area contributed by atoms with Gasteiger partial charge in [0.1, 0.15) is 5.88 Å². The fourth-order valence-electron chi connectivity index (χ4n) is 10.5. The maximum atomic E-state index is 13.8. The number of amides is 1. The van der Waals surface area contributed by atoms with Gasteiger partial charge in [-0.1, -0.05) is 37.3 Å². The van der Waals surface area contributed by atoms with Crippen LogP contribution in [0.3, 0.4) is 0 Å². The van der Waals surface area contributed by atoms with Crippen molar-refractivity contribution < 1.29 is 13.2 Å². The van der Waals surface area contributed by atoms with Gasteiger partial charge in [0.25, 0.3) is 0 Å². The number of carbonyl (C=O) groups is 1. The number of hydrogen-bond donors (Lipinski definition) is 2. The van der Waals surface area contributed by atoms with Crippen molar-refractivity contribution in [3.8, 4) is 0 Å². The summed E-state index contributed by atoms with van der Waals surface area (Å²) in [7, 11) is -3.68. The van der Waals surface area contributed by atoms with Crippen LogP contribution < -0.4 is 4.72 Å². The minimum absolute atomic E-state index is 0.0448. The molecule has 3 bridgehead atoms. The number of H-pyrrole nitrogens is 1. The summed E-state index contributed by atoms with van der Waals surface area (Å²) in [5.74, 6) is 1.08. The zero-order chi connectivity index (χ0) is 27.7. The molecule has 3 aromatic rings. The van der Waals surface area contributed by atoms with Crippen molar-refractivity contribution in [3.63, 3.8) is 0 Å². The molecule has 8 heteroatoms. The van der Waals surface area contributed by atoms with E-state index in [4.69, 9.17) is 11.6 Å². The second kappa shape index (κ2) is 8.14. The average molecular weight is 578 g/mol. The number of carbonyl (C=O) groups excluding carboxylic acids is 1. The molecule has 4 aliphatic carbocycles.